The van der Waals surface area contributed by atoms with E-state index < -0.39 is 5.41 Å². The van der Waals surface area contributed by atoms with E-state index in [4.69, 9.17) is 4.42 Å². The molecule has 146 valence electrons. The number of amides is 1. The third kappa shape index (κ3) is 5.31. The van der Waals surface area contributed by atoms with Gasteiger partial charge in [-0.05, 0) is 18.4 Å². The van der Waals surface area contributed by atoms with Gasteiger partial charge in [-0.2, -0.15) is 0 Å². The van der Waals surface area contributed by atoms with E-state index in [0.29, 0.717) is 18.3 Å². The molecule has 0 saturated carbocycles. The average molecular weight is 370 g/mol. The summed E-state index contributed by atoms with van der Waals surface area (Å²) in [6.07, 6.45) is 5.40. The van der Waals surface area contributed by atoms with Crippen LogP contribution in [0, 0.1) is 5.41 Å². The van der Waals surface area contributed by atoms with Gasteiger partial charge >= 0.3 is 6.01 Å². The Bertz CT molecular complexity index is 728. The van der Waals surface area contributed by atoms with Crippen LogP contribution in [0.25, 0.3) is 0 Å². The van der Waals surface area contributed by atoms with Crippen molar-refractivity contribution >= 4 is 11.9 Å². The van der Waals surface area contributed by atoms with Crippen LogP contribution in [-0.2, 0) is 11.2 Å². The third-order valence-corrected chi connectivity index (χ3v) is 4.87. The van der Waals surface area contributed by atoms with Crippen LogP contribution >= 0.6 is 0 Å². The van der Waals surface area contributed by atoms with Gasteiger partial charge in [0.15, 0.2) is 0 Å². The lowest BCUT2D eigenvalue weighted by Gasteiger charge is -2.22. The van der Waals surface area contributed by atoms with Crippen molar-refractivity contribution in [1.82, 2.24) is 15.5 Å². The van der Waals surface area contributed by atoms with Crippen LogP contribution < -0.4 is 10.2 Å². The van der Waals surface area contributed by atoms with E-state index in [2.05, 4.69) is 20.4 Å². The zero-order valence-electron chi connectivity index (χ0n) is 16.6. The van der Waals surface area contributed by atoms with Gasteiger partial charge in [-0.25, -0.2) is 0 Å². The number of hydrogen-bond acceptors (Lipinski definition) is 5. The highest BCUT2D eigenvalue weighted by Gasteiger charge is 2.28. The number of hydrogen-bond donors (Lipinski definition) is 1. The average Bonchev–Trinajstić information content (AvgIpc) is 2.97. The fraction of sp³-hybridized carbons (Fsp3) is 0.571. The SMILES string of the molecule is CC(C)(C)C(=O)N[C@@H](Cc1ccccc1)c1nnc(N2CCCCCC2)o1. The highest BCUT2D eigenvalue weighted by atomic mass is 16.4. The van der Waals surface area contributed by atoms with Crippen molar-refractivity contribution in [3.63, 3.8) is 0 Å². The van der Waals surface area contributed by atoms with Gasteiger partial charge in [0.2, 0.25) is 11.8 Å². The second kappa shape index (κ2) is 8.55. The van der Waals surface area contributed by atoms with Gasteiger partial charge < -0.3 is 14.6 Å². The summed E-state index contributed by atoms with van der Waals surface area (Å²) in [4.78, 5) is 14.7. The summed E-state index contributed by atoms with van der Waals surface area (Å²) < 4.78 is 6.02. The lowest BCUT2D eigenvalue weighted by atomic mass is 9.94. The summed E-state index contributed by atoms with van der Waals surface area (Å²) in [7, 11) is 0. The maximum atomic E-state index is 12.6. The number of anilines is 1. The normalized spacial score (nSPS) is 16.6. The number of rotatable bonds is 5. The molecule has 6 nitrogen and oxygen atoms in total. The Morgan fingerprint density at radius 2 is 1.78 bits per heavy atom. The van der Waals surface area contributed by atoms with E-state index in [-0.39, 0.29) is 11.9 Å². The molecule has 27 heavy (non-hydrogen) atoms. The highest BCUT2D eigenvalue weighted by molar-refractivity contribution is 5.81. The standard InChI is InChI=1S/C21H30N4O2/c1-21(2,3)19(26)22-17(15-16-11-7-6-8-12-16)18-23-24-20(27-18)25-13-9-4-5-10-14-25/h6-8,11-12,17H,4-5,9-10,13-15H2,1-3H3,(H,22,26)/t17-/m0/s1. The Labute approximate surface area is 161 Å². The quantitative estimate of drug-likeness (QED) is 0.864. The fourth-order valence-corrected chi connectivity index (χ4v) is 3.18. The molecule has 2 heterocycles. The van der Waals surface area contributed by atoms with Crippen LogP contribution in [-0.4, -0.2) is 29.2 Å². The Balaban J connectivity index is 1.80. The molecule has 6 heteroatoms. The van der Waals surface area contributed by atoms with Crippen molar-refractivity contribution in [1.29, 1.82) is 0 Å². The van der Waals surface area contributed by atoms with E-state index >= 15 is 0 Å². The van der Waals surface area contributed by atoms with Crippen molar-refractivity contribution in [2.24, 2.45) is 5.41 Å². The minimum absolute atomic E-state index is 0.0297. The van der Waals surface area contributed by atoms with Crippen molar-refractivity contribution in [3.8, 4) is 0 Å². The maximum Gasteiger partial charge on any atom is 0.318 e. The number of nitrogens with zero attached hydrogens (tertiary/aromatic N) is 3. The molecule has 1 fully saturated rings. The predicted octanol–water partition coefficient (Wildman–Crippen LogP) is 3.90. The number of carbonyl (C=O) groups is 1. The Hall–Kier alpha value is -2.37. The minimum Gasteiger partial charge on any atom is -0.406 e. The molecule has 1 N–H and O–H groups in total. The smallest absolute Gasteiger partial charge is 0.318 e. The molecule has 0 aliphatic carbocycles. The van der Waals surface area contributed by atoms with Gasteiger partial charge in [0.1, 0.15) is 6.04 Å². The van der Waals surface area contributed by atoms with Gasteiger partial charge in [-0.15, -0.1) is 5.10 Å². The Morgan fingerprint density at radius 3 is 2.41 bits per heavy atom. The van der Waals surface area contributed by atoms with Crippen LogP contribution in [0.3, 0.4) is 0 Å². The van der Waals surface area contributed by atoms with Crippen molar-refractivity contribution in [3.05, 3.63) is 41.8 Å². The summed E-state index contributed by atoms with van der Waals surface area (Å²) in [5.74, 6) is 0.439. The first kappa shape index (κ1) is 19.4. The van der Waals surface area contributed by atoms with Crippen LogP contribution in [0.2, 0.25) is 0 Å². The molecular formula is C21H30N4O2. The van der Waals surface area contributed by atoms with Crippen molar-refractivity contribution in [2.75, 3.05) is 18.0 Å². The molecule has 0 spiro atoms. The number of nitrogens with one attached hydrogen (secondary N) is 1. The maximum absolute atomic E-state index is 12.6. The first-order valence-corrected chi connectivity index (χ1v) is 9.87. The van der Waals surface area contributed by atoms with E-state index in [9.17, 15) is 4.79 Å². The second-order valence-electron chi connectivity index (χ2n) is 8.29. The number of carbonyl (C=O) groups excluding carboxylic acids is 1. The summed E-state index contributed by atoms with van der Waals surface area (Å²) in [5.41, 5.74) is 0.633. The van der Waals surface area contributed by atoms with Crippen molar-refractivity contribution < 1.29 is 9.21 Å². The van der Waals surface area contributed by atoms with E-state index in [1.54, 1.807) is 0 Å². The number of aromatic nitrogens is 2. The molecular weight excluding hydrogens is 340 g/mol. The molecule has 0 bridgehead atoms. The molecule has 1 amide bonds. The Kier molecular flexibility index (Phi) is 6.14. The second-order valence-corrected chi connectivity index (χ2v) is 8.29. The molecule has 0 unspecified atom stereocenters. The molecule has 0 radical (unpaired) electrons. The highest BCUT2D eigenvalue weighted by Crippen LogP contribution is 2.24. The molecule has 1 atom stereocenters. The monoisotopic (exact) mass is 370 g/mol. The summed E-state index contributed by atoms with van der Waals surface area (Å²) >= 11 is 0. The van der Waals surface area contributed by atoms with Crippen LogP contribution in [0.1, 0.15) is 64.0 Å². The lowest BCUT2D eigenvalue weighted by Crippen LogP contribution is -2.38. The molecule has 1 saturated heterocycles. The van der Waals surface area contributed by atoms with Gasteiger partial charge in [-0.1, -0.05) is 69.0 Å². The largest absolute Gasteiger partial charge is 0.406 e. The van der Waals surface area contributed by atoms with E-state index in [1.807, 2.05) is 51.1 Å². The number of benzene rings is 1. The summed E-state index contributed by atoms with van der Waals surface area (Å²) in [5, 5.41) is 11.6. The lowest BCUT2D eigenvalue weighted by molar-refractivity contribution is -0.129. The molecule has 3 rings (SSSR count). The molecule has 1 aromatic heterocycles. The van der Waals surface area contributed by atoms with Gasteiger partial charge in [0.05, 0.1) is 0 Å². The molecule has 1 aliphatic heterocycles. The van der Waals surface area contributed by atoms with Crippen molar-refractivity contribution in [2.45, 2.75) is 58.9 Å². The Morgan fingerprint density at radius 1 is 1.11 bits per heavy atom. The van der Waals surface area contributed by atoms with Gasteiger partial charge in [-0.3, -0.25) is 4.79 Å². The van der Waals surface area contributed by atoms with Gasteiger partial charge in [0.25, 0.3) is 0 Å². The zero-order valence-corrected chi connectivity index (χ0v) is 16.6. The summed E-state index contributed by atoms with van der Waals surface area (Å²) in [6.45, 7) is 7.59. The van der Waals surface area contributed by atoms with E-state index in [1.165, 1.54) is 12.8 Å². The van der Waals surface area contributed by atoms with Crippen LogP contribution in [0.15, 0.2) is 34.7 Å². The van der Waals surface area contributed by atoms with E-state index in [0.717, 1.165) is 31.5 Å². The van der Waals surface area contributed by atoms with Crippen LogP contribution in [0.4, 0.5) is 6.01 Å². The van der Waals surface area contributed by atoms with Gasteiger partial charge in [0, 0.05) is 24.9 Å². The summed E-state index contributed by atoms with van der Waals surface area (Å²) in [6, 6.07) is 10.3. The van der Waals surface area contributed by atoms with Crippen LogP contribution in [0.5, 0.6) is 0 Å². The molecule has 1 aliphatic rings. The fourth-order valence-electron chi connectivity index (χ4n) is 3.18. The molecule has 2 aromatic rings. The molecule has 1 aromatic carbocycles. The topological polar surface area (TPSA) is 71.3 Å². The minimum atomic E-state index is -0.484. The third-order valence-electron chi connectivity index (χ3n) is 4.87. The first-order chi connectivity index (χ1) is 12.9. The predicted molar refractivity (Wildman–Crippen MR) is 105 cm³/mol. The zero-order chi connectivity index (χ0) is 19.3. The first-order valence-electron chi connectivity index (χ1n) is 9.87.